The maximum atomic E-state index is 13.2. The van der Waals surface area contributed by atoms with Crippen molar-refractivity contribution in [1.29, 1.82) is 0 Å². The first-order valence-corrected chi connectivity index (χ1v) is 12.2. The first-order valence-electron chi connectivity index (χ1n) is 11.0. The lowest BCUT2D eigenvalue weighted by atomic mass is 9.83. The quantitative estimate of drug-likeness (QED) is 0.369. The molecule has 10 nitrogen and oxygen atoms in total. The molecular weight excluding hydrogens is 446 g/mol. The molecule has 0 radical (unpaired) electrons. The number of carbonyl (C=O) groups is 3. The third-order valence-corrected chi connectivity index (χ3v) is 6.38. The number of hydrogen-bond acceptors (Lipinski definition) is 8. The van der Waals surface area contributed by atoms with Gasteiger partial charge in [-0.15, -0.1) is 16.9 Å². The van der Waals surface area contributed by atoms with Gasteiger partial charge in [-0.05, 0) is 43.6 Å². The van der Waals surface area contributed by atoms with Crippen LogP contribution in [0.2, 0.25) is 0 Å². The van der Waals surface area contributed by atoms with Gasteiger partial charge >= 0.3 is 5.76 Å². The minimum Gasteiger partial charge on any atom is -0.384 e. The number of nitrogens with one attached hydrogen (secondary N) is 3. The zero-order valence-corrected chi connectivity index (χ0v) is 19.7. The van der Waals surface area contributed by atoms with Crippen LogP contribution >= 0.6 is 11.8 Å². The van der Waals surface area contributed by atoms with E-state index in [-0.39, 0.29) is 29.7 Å². The third-order valence-electron chi connectivity index (χ3n) is 5.61. The highest BCUT2D eigenvalue weighted by molar-refractivity contribution is 7.98. The van der Waals surface area contributed by atoms with Crippen molar-refractivity contribution in [1.82, 2.24) is 25.8 Å². The van der Waals surface area contributed by atoms with Crippen LogP contribution in [0.3, 0.4) is 0 Å². The molecule has 1 fully saturated rings. The Morgan fingerprint density at radius 2 is 2.03 bits per heavy atom. The molecule has 0 aromatic carbocycles. The van der Waals surface area contributed by atoms with Crippen LogP contribution in [0, 0.1) is 11.8 Å². The number of rotatable bonds is 9. The molecule has 1 aliphatic carbocycles. The molecule has 3 N–H and O–H groups in total. The molecule has 2 heterocycles. The maximum absolute atomic E-state index is 13.2. The van der Waals surface area contributed by atoms with Gasteiger partial charge in [0.05, 0.1) is 12.0 Å². The number of amides is 2. The molecule has 0 bridgehead atoms. The standard InChI is InChI=1S/C22H29N5O5S/c1-12(2)11-15(18(28)21-26-27-22(31)32-21)25-19(29)13-7-4-5-8-14(13)24-20(30)17-16(33-3)9-6-10-23-17/h6,9-10,12-15H,4-5,7-8,11H2,1-3H3,(H,24,30)(H,25,29)(H,27,31)/t13-,14+,15+/m1/s1. The Morgan fingerprint density at radius 3 is 2.70 bits per heavy atom. The molecule has 11 heteroatoms. The van der Waals surface area contributed by atoms with Crippen LogP contribution in [-0.4, -0.2) is 51.1 Å². The van der Waals surface area contributed by atoms with Gasteiger partial charge in [-0.2, -0.15) is 0 Å². The number of ketones is 1. The van der Waals surface area contributed by atoms with E-state index in [1.807, 2.05) is 26.2 Å². The summed E-state index contributed by atoms with van der Waals surface area (Å²) >= 11 is 1.43. The summed E-state index contributed by atoms with van der Waals surface area (Å²) in [5, 5.41) is 11.5. The van der Waals surface area contributed by atoms with Crippen molar-refractivity contribution in [3.8, 4) is 0 Å². The Balaban J connectivity index is 1.74. The minimum atomic E-state index is -0.888. The summed E-state index contributed by atoms with van der Waals surface area (Å²) < 4.78 is 4.79. The van der Waals surface area contributed by atoms with E-state index in [1.165, 1.54) is 11.8 Å². The van der Waals surface area contributed by atoms with Crippen LogP contribution < -0.4 is 16.4 Å². The lowest BCUT2D eigenvalue weighted by Crippen LogP contribution is -2.52. The largest absolute Gasteiger partial charge is 0.434 e. The van der Waals surface area contributed by atoms with Crippen LogP contribution in [0.15, 0.2) is 32.4 Å². The summed E-state index contributed by atoms with van der Waals surface area (Å²) in [6, 6.07) is 2.34. The van der Waals surface area contributed by atoms with Gasteiger partial charge in [0.15, 0.2) is 0 Å². The summed E-state index contributed by atoms with van der Waals surface area (Å²) in [4.78, 5) is 55.1. The fraction of sp³-hybridized carbons (Fsp3) is 0.545. The van der Waals surface area contributed by atoms with Crippen LogP contribution in [-0.2, 0) is 4.79 Å². The van der Waals surface area contributed by atoms with Crippen LogP contribution in [0.1, 0.15) is 67.1 Å². The number of H-pyrrole nitrogens is 1. The Morgan fingerprint density at radius 1 is 1.27 bits per heavy atom. The summed E-state index contributed by atoms with van der Waals surface area (Å²) in [6.45, 7) is 3.85. The highest BCUT2D eigenvalue weighted by Crippen LogP contribution is 2.26. The number of nitrogens with zero attached hydrogens (tertiary/aromatic N) is 2. The molecule has 3 rings (SSSR count). The number of carbonyl (C=O) groups excluding carboxylic acids is 3. The summed E-state index contributed by atoms with van der Waals surface area (Å²) in [5.74, 6) is -2.79. The van der Waals surface area contributed by atoms with Crippen LogP contribution in [0.4, 0.5) is 0 Å². The van der Waals surface area contributed by atoms with E-state index in [1.54, 1.807) is 12.3 Å². The van der Waals surface area contributed by atoms with Crippen LogP contribution in [0.25, 0.3) is 0 Å². The van der Waals surface area contributed by atoms with E-state index >= 15 is 0 Å². The number of aromatic amines is 1. The predicted molar refractivity (Wildman–Crippen MR) is 122 cm³/mol. The molecule has 0 saturated heterocycles. The molecule has 3 atom stereocenters. The van der Waals surface area contributed by atoms with Crippen molar-refractivity contribution in [3.05, 3.63) is 40.5 Å². The second-order valence-electron chi connectivity index (χ2n) is 8.50. The van der Waals surface area contributed by atoms with E-state index < -0.39 is 23.5 Å². The van der Waals surface area contributed by atoms with Gasteiger partial charge in [0.1, 0.15) is 5.69 Å². The number of pyridine rings is 1. The van der Waals surface area contributed by atoms with E-state index in [0.717, 1.165) is 17.7 Å². The highest BCUT2D eigenvalue weighted by atomic mass is 32.2. The van der Waals surface area contributed by atoms with Crippen LogP contribution in [0.5, 0.6) is 0 Å². The van der Waals surface area contributed by atoms with Gasteiger partial charge in [-0.3, -0.25) is 14.4 Å². The molecule has 1 aliphatic rings. The normalized spacial score (nSPS) is 19.2. The van der Waals surface area contributed by atoms with Crippen molar-refractivity contribution in [2.24, 2.45) is 11.8 Å². The molecule has 2 aromatic heterocycles. The monoisotopic (exact) mass is 475 g/mol. The molecule has 0 spiro atoms. The second-order valence-corrected chi connectivity index (χ2v) is 9.35. The van der Waals surface area contributed by atoms with E-state index in [2.05, 4.69) is 25.8 Å². The van der Waals surface area contributed by atoms with Gasteiger partial charge in [-0.25, -0.2) is 14.9 Å². The molecular formula is C22H29N5O5S. The summed E-state index contributed by atoms with van der Waals surface area (Å²) in [6.07, 6.45) is 6.78. The topological polar surface area (TPSA) is 147 Å². The van der Waals surface area contributed by atoms with Gasteiger partial charge in [-0.1, -0.05) is 26.7 Å². The van der Waals surface area contributed by atoms with E-state index in [4.69, 9.17) is 4.42 Å². The van der Waals surface area contributed by atoms with Crippen molar-refractivity contribution in [2.45, 2.75) is 62.9 Å². The molecule has 178 valence electrons. The number of aromatic nitrogens is 3. The van der Waals surface area contributed by atoms with Gasteiger partial charge in [0.2, 0.25) is 11.7 Å². The average Bonchev–Trinajstić information content (AvgIpc) is 3.24. The third kappa shape index (κ3) is 6.31. The number of thioether (sulfide) groups is 1. The summed E-state index contributed by atoms with van der Waals surface area (Å²) in [5.41, 5.74) is 0.330. The second kappa shape index (κ2) is 11.3. The molecule has 0 aliphatic heterocycles. The molecule has 0 unspecified atom stereocenters. The van der Waals surface area contributed by atoms with Crippen molar-refractivity contribution < 1.29 is 18.8 Å². The Labute approximate surface area is 195 Å². The molecule has 2 aromatic rings. The average molecular weight is 476 g/mol. The number of hydrogen-bond donors (Lipinski definition) is 3. The highest BCUT2D eigenvalue weighted by Gasteiger charge is 2.36. The fourth-order valence-corrected chi connectivity index (χ4v) is 4.60. The SMILES string of the molecule is CSc1cccnc1C(=O)N[C@H]1CCCC[C@H]1C(=O)N[C@@H](CC(C)C)C(=O)c1n[nH]c(=O)o1. The lowest BCUT2D eigenvalue weighted by molar-refractivity contribution is -0.127. The first-order chi connectivity index (χ1) is 15.8. The van der Waals surface area contributed by atoms with E-state index in [0.29, 0.717) is 25.0 Å². The Kier molecular flexibility index (Phi) is 8.43. The smallest absolute Gasteiger partial charge is 0.384 e. The Bertz CT molecular complexity index is 1050. The van der Waals surface area contributed by atoms with Gasteiger partial charge < -0.3 is 15.1 Å². The van der Waals surface area contributed by atoms with Crippen molar-refractivity contribution in [3.63, 3.8) is 0 Å². The van der Waals surface area contributed by atoms with Gasteiger partial charge in [0.25, 0.3) is 11.8 Å². The minimum absolute atomic E-state index is 0.0980. The zero-order chi connectivity index (χ0) is 24.0. The fourth-order valence-electron chi connectivity index (χ4n) is 4.05. The van der Waals surface area contributed by atoms with Crippen molar-refractivity contribution in [2.75, 3.05) is 6.26 Å². The first kappa shape index (κ1) is 24.7. The van der Waals surface area contributed by atoms with Crippen molar-refractivity contribution >= 4 is 29.4 Å². The summed E-state index contributed by atoms with van der Waals surface area (Å²) in [7, 11) is 0. The predicted octanol–water partition coefficient (Wildman–Crippen LogP) is 2.18. The zero-order valence-electron chi connectivity index (χ0n) is 18.9. The molecule has 33 heavy (non-hydrogen) atoms. The lowest BCUT2D eigenvalue weighted by Gasteiger charge is -2.32. The maximum Gasteiger partial charge on any atom is 0.434 e. The number of Topliss-reactive ketones (excluding diaryl/α,β-unsaturated/α-hetero) is 1. The molecule has 2 amide bonds. The Hall–Kier alpha value is -2.95. The van der Waals surface area contributed by atoms with Gasteiger partial charge in [0, 0.05) is 17.1 Å². The molecule has 1 saturated carbocycles. The van der Waals surface area contributed by atoms with E-state index in [9.17, 15) is 19.2 Å².